The first-order valence-electron chi connectivity index (χ1n) is 4.37. The Morgan fingerprint density at radius 1 is 1.15 bits per heavy atom. The van der Waals surface area contributed by atoms with Gasteiger partial charge in [0, 0.05) is 5.69 Å². The van der Waals surface area contributed by atoms with Gasteiger partial charge in [0.15, 0.2) is 0 Å². The fourth-order valence-electron chi connectivity index (χ4n) is 1.29. The second kappa shape index (κ2) is 4.51. The van der Waals surface area contributed by atoms with Crippen LogP contribution in [0.2, 0.25) is 0 Å². The summed E-state index contributed by atoms with van der Waals surface area (Å²) >= 11 is 0. The number of hydrogen-bond acceptors (Lipinski definition) is 1. The Kier molecular flexibility index (Phi) is 3.32. The highest BCUT2D eigenvalue weighted by Crippen LogP contribution is 2.15. The monoisotopic (exact) mass is 173 g/mol. The minimum absolute atomic E-state index is 0.830. The summed E-state index contributed by atoms with van der Waals surface area (Å²) in [4.78, 5) is 0. The molecule has 1 rings (SSSR count). The Hall–Kier alpha value is -1.50. The molecule has 1 nitrogen and oxygen atoms in total. The third-order valence-electron chi connectivity index (χ3n) is 1.95. The Morgan fingerprint density at radius 3 is 2.46 bits per heavy atom. The number of nitrogens with two attached hydrogens (primary N) is 1. The molecule has 0 aliphatic heterocycles. The van der Waals surface area contributed by atoms with Gasteiger partial charge in [0.25, 0.3) is 0 Å². The van der Waals surface area contributed by atoms with Crippen molar-refractivity contribution in [3.63, 3.8) is 0 Å². The highest BCUT2D eigenvalue weighted by Gasteiger charge is 1.97. The summed E-state index contributed by atoms with van der Waals surface area (Å²) in [7, 11) is 0. The summed E-state index contributed by atoms with van der Waals surface area (Å²) in [5, 5.41) is 0. The van der Waals surface area contributed by atoms with E-state index in [0.29, 0.717) is 0 Å². The second-order valence-electron chi connectivity index (χ2n) is 3.02. The molecule has 13 heavy (non-hydrogen) atoms. The Bertz CT molecular complexity index is 313. The molecule has 2 N–H and O–H groups in total. The number of hydrogen-bond donors (Lipinski definition) is 1. The molecule has 0 amide bonds. The standard InChI is InChI=1S/C12H15N/c1-3-5-10-7-8-12(13)11(9-10)6-4-2/h3-4,7-9H,1-2,5-6,13H2. The molecule has 0 heterocycles. The molecule has 0 aliphatic rings. The van der Waals surface area contributed by atoms with Crippen molar-refractivity contribution in [3.8, 4) is 0 Å². The zero-order valence-corrected chi connectivity index (χ0v) is 7.79. The van der Waals surface area contributed by atoms with Crippen LogP contribution in [-0.4, -0.2) is 0 Å². The minimum atomic E-state index is 0.830. The van der Waals surface area contributed by atoms with Gasteiger partial charge in [0.05, 0.1) is 0 Å². The Balaban J connectivity index is 2.95. The van der Waals surface area contributed by atoms with E-state index < -0.39 is 0 Å². The Morgan fingerprint density at radius 2 is 1.85 bits per heavy atom. The molecule has 0 saturated heterocycles. The van der Waals surface area contributed by atoms with E-state index in [2.05, 4.69) is 19.2 Å². The smallest absolute Gasteiger partial charge is 0.0349 e. The van der Waals surface area contributed by atoms with Crippen LogP contribution in [0.5, 0.6) is 0 Å². The van der Waals surface area contributed by atoms with Crippen LogP contribution in [0.3, 0.4) is 0 Å². The van der Waals surface area contributed by atoms with E-state index in [0.717, 1.165) is 24.1 Å². The van der Waals surface area contributed by atoms with Crippen LogP contribution in [0.25, 0.3) is 0 Å². The lowest BCUT2D eigenvalue weighted by Crippen LogP contribution is -1.94. The van der Waals surface area contributed by atoms with Gasteiger partial charge < -0.3 is 5.73 Å². The number of benzene rings is 1. The molecule has 1 aromatic rings. The van der Waals surface area contributed by atoms with Gasteiger partial charge in [0.1, 0.15) is 0 Å². The molecule has 0 unspecified atom stereocenters. The van der Waals surface area contributed by atoms with E-state index in [9.17, 15) is 0 Å². The number of nitrogen functional groups attached to an aromatic ring is 1. The maximum absolute atomic E-state index is 5.80. The predicted molar refractivity (Wildman–Crippen MR) is 58.7 cm³/mol. The third-order valence-corrected chi connectivity index (χ3v) is 1.95. The topological polar surface area (TPSA) is 26.0 Å². The minimum Gasteiger partial charge on any atom is -0.398 e. The Labute approximate surface area is 79.6 Å². The lowest BCUT2D eigenvalue weighted by Gasteiger charge is -2.05. The first-order chi connectivity index (χ1) is 6.27. The predicted octanol–water partition coefficient (Wildman–Crippen LogP) is 2.73. The molecule has 0 bridgehead atoms. The van der Waals surface area contributed by atoms with E-state index in [1.165, 1.54) is 5.56 Å². The van der Waals surface area contributed by atoms with Gasteiger partial charge in [-0.1, -0.05) is 24.3 Å². The van der Waals surface area contributed by atoms with E-state index in [-0.39, 0.29) is 0 Å². The molecular weight excluding hydrogens is 158 g/mol. The van der Waals surface area contributed by atoms with Crippen LogP contribution in [0.1, 0.15) is 11.1 Å². The van der Waals surface area contributed by atoms with E-state index >= 15 is 0 Å². The zero-order valence-electron chi connectivity index (χ0n) is 7.79. The van der Waals surface area contributed by atoms with Crippen molar-refractivity contribution in [2.24, 2.45) is 0 Å². The number of anilines is 1. The fraction of sp³-hybridized carbons (Fsp3) is 0.167. The summed E-state index contributed by atoms with van der Waals surface area (Å²) in [5.41, 5.74) is 9.04. The maximum atomic E-state index is 5.80. The first kappa shape index (κ1) is 9.59. The summed E-state index contributed by atoms with van der Waals surface area (Å²) in [5.74, 6) is 0. The van der Waals surface area contributed by atoms with Gasteiger partial charge in [-0.05, 0) is 30.0 Å². The molecule has 1 aromatic carbocycles. The van der Waals surface area contributed by atoms with Crippen LogP contribution < -0.4 is 5.73 Å². The summed E-state index contributed by atoms with van der Waals surface area (Å²) in [6.07, 6.45) is 5.48. The van der Waals surface area contributed by atoms with Crippen LogP contribution in [0.4, 0.5) is 5.69 Å². The summed E-state index contributed by atoms with van der Waals surface area (Å²) in [6.45, 7) is 7.40. The van der Waals surface area contributed by atoms with Crippen molar-refractivity contribution < 1.29 is 0 Å². The molecule has 68 valence electrons. The molecule has 0 fully saturated rings. The second-order valence-corrected chi connectivity index (χ2v) is 3.02. The van der Waals surface area contributed by atoms with Gasteiger partial charge in [-0.25, -0.2) is 0 Å². The van der Waals surface area contributed by atoms with Crippen molar-refractivity contribution in [3.05, 3.63) is 54.6 Å². The molecule has 1 heteroatoms. The highest BCUT2D eigenvalue weighted by molar-refractivity contribution is 5.49. The van der Waals surface area contributed by atoms with Crippen LogP contribution in [0, 0.1) is 0 Å². The fourth-order valence-corrected chi connectivity index (χ4v) is 1.29. The lowest BCUT2D eigenvalue weighted by molar-refractivity contribution is 1.21. The normalized spacial score (nSPS) is 9.54. The largest absolute Gasteiger partial charge is 0.398 e. The lowest BCUT2D eigenvalue weighted by atomic mass is 10.0. The average molecular weight is 173 g/mol. The van der Waals surface area contributed by atoms with Gasteiger partial charge >= 0.3 is 0 Å². The number of rotatable bonds is 4. The molecule has 0 spiro atoms. The van der Waals surface area contributed by atoms with Gasteiger partial charge in [-0.15, -0.1) is 13.2 Å². The van der Waals surface area contributed by atoms with Crippen LogP contribution in [-0.2, 0) is 12.8 Å². The molecule has 0 aromatic heterocycles. The number of allylic oxidation sites excluding steroid dienone is 2. The summed E-state index contributed by atoms with van der Waals surface area (Å²) < 4.78 is 0. The molecule has 0 saturated carbocycles. The zero-order chi connectivity index (χ0) is 9.68. The third kappa shape index (κ3) is 2.48. The summed E-state index contributed by atoms with van der Waals surface area (Å²) in [6, 6.07) is 6.08. The molecule has 0 aliphatic carbocycles. The average Bonchev–Trinajstić information content (AvgIpc) is 2.12. The van der Waals surface area contributed by atoms with Crippen molar-refractivity contribution in [1.82, 2.24) is 0 Å². The highest BCUT2D eigenvalue weighted by atomic mass is 14.6. The molecule has 0 atom stereocenters. The van der Waals surface area contributed by atoms with Gasteiger partial charge in [0.2, 0.25) is 0 Å². The van der Waals surface area contributed by atoms with Crippen molar-refractivity contribution in [2.45, 2.75) is 12.8 Å². The molecular formula is C12H15N. The quantitative estimate of drug-likeness (QED) is 0.550. The van der Waals surface area contributed by atoms with E-state index in [1.54, 1.807) is 0 Å². The van der Waals surface area contributed by atoms with Gasteiger partial charge in [-0.2, -0.15) is 0 Å². The van der Waals surface area contributed by atoms with Crippen molar-refractivity contribution in [2.75, 3.05) is 5.73 Å². The van der Waals surface area contributed by atoms with Crippen LogP contribution in [0.15, 0.2) is 43.5 Å². The SMILES string of the molecule is C=CCc1ccc(N)c(CC=C)c1. The molecule has 0 radical (unpaired) electrons. The maximum Gasteiger partial charge on any atom is 0.0349 e. The van der Waals surface area contributed by atoms with E-state index in [4.69, 9.17) is 5.73 Å². The van der Waals surface area contributed by atoms with Crippen molar-refractivity contribution in [1.29, 1.82) is 0 Å². The first-order valence-corrected chi connectivity index (χ1v) is 4.37. The van der Waals surface area contributed by atoms with Gasteiger partial charge in [-0.3, -0.25) is 0 Å². The van der Waals surface area contributed by atoms with Crippen LogP contribution >= 0.6 is 0 Å². The van der Waals surface area contributed by atoms with E-state index in [1.807, 2.05) is 24.3 Å². The van der Waals surface area contributed by atoms with Crippen molar-refractivity contribution >= 4 is 5.69 Å².